The van der Waals surface area contributed by atoms with Gasteiger partial charge in [-0.25, -0.2) is 4.98 Å². The second-order valence-corrected chi connectivity index (χ2v) is 7.76. The van der Waals surface area contributed by atoms with Crippen LogP contribution in [0, 0.1) is 5.92 Å². The van der Waals surface area contributed by atoms with Gasteiger partial charge in [-0.15, -0.1) is 0 Å². The van der Waals surface area contributed by atoms with Gasteiger partial charge in [0, 0.05) is 32.2 Å². The van der Waals surface area contributed by atoms with Crippen molar-refractivity contribution in [2.45, 2.75) is 39.4 Å². The van der Waals surface area contributed by atoms with Crippen LogP contribution in [0.1, 0.15) is 36.5 Å². The Hall–Kier alpha value is -2.67. The van der Waals surface area contributed by atoms with Crippen LogP contribution >= 0.6 is 0 Å². The van der Waals surface area contributed by atoms with Gasteiger partial charge in [-0.1, -0.05) is 44.2 Å². The molecule has 1 atom stereocenters. The minimum atomic E-state index is -0.573. The lowest BCUT2D eigenvalue weighted by Crippen LogP contribution is -2.46. The molecule has 0 saturated heterocycles. The van der Waals surface area contributed by atoms with E-state index in [2.05, 4.69) is 20.1 Å². The summed E-state index contributed by atoms with van der Waals surface area (Å²) in [5.74, 6) is 0.602. The Labute approximate surface area is 166 Å². The van der Waals surface area contributed by atoms with Crippen molar-refractivity contribution >= 4 is 11.8 Å². The van der Waals surface area contributed by atoms with Gasteiger partial charge < -0.3 is 15.2 Å². The van der Waals surface area contributed by atoms with Gasteiger partial charge in [-0.2, -0.15) is 0 Å². The fourth-order valence-electron chi connectivity index (χ4n) is 3.59. The molecule has 0 bridgehead atoms. The first kappa shape index (κ1) is 20.1. The zero-order valence-corrected chi connectivity index (χ0v) is 17.0. The van der Waals surface area contributed by atoms with E-state index in [-0.39, 0.29) is 17.7 Å². The Bertz CT molecular complexity index is 844. The molecular formula is C21H29N5O2. The molecule has 0 saturated carbocycles. The van der Waals surface area contributed by atoms with E-state index in [0.717, 1.165) is 30.2 Å². The predicted octanol–water partition coefficient (Wildman–Crippen LogP) is 1.89. The summed E-state index contributed by atoms with van der Waals surface area (Å²) in [6.45, 7) is 6.39. The van der Waals surface area contributed by atoms with Gasteiger partial charge in [0.05, 0.1) is 5.69 Å². The van der Waals surface area contributed by atoms with E-state index in [1.807, 2.05) is 51.2 Å². The number of fused-ring (bicyclic) bond motifs is 1. The van der Waals surface area contributed by atoms with Crippen LogP contribution in [0.15, 0.2) is 30.3 Å². The van der Waals surface area contributed by atoms with Gasteiger partial charge in [-0.3, -0.25) is 14.5 Å². The lowest BCUT2D eigenvalue weighted by Gasteiger charge is -2.26. The Kier molecular flexibility index (Phi) is 6.14. The maximum atomic E-state index is 13.1. The fraction of sp³-hybridized carbons (Fsp3) is 0.476. The third kappa shape index (κ3) is 4.25. The highest BCUT2D eigenvalue weighted by Crippen LogP contribution is 2.26. The third-order valence-electron chi connectivity index (χ3n) is 5.02. The summed E-state index contributed by atoms with van der Waals surface area (Å²) in [5.41, 5.74) is 2.28. The number of benzene rings is 1. The van der Waals surface area contributed by atoms with Crippen LogP contribution in [-0.4, -0.2) is 52.9 Å². The SMILES string of the molecule is CNC(=O)C(CC(C)C)NC(=O)c1nc(-c2ccccc2)n2c1CN(C)CC2. The summed E-state index contributed by atoms with van der Waals surface area (Å²) < 4.78 is 2.13. The fourth-order valence-corrected chi connectivity index (χ4v) is 3.59. The molecule has 2 heterocycles. The molecular weight excluding hydrogens is 354 g/mol. The van der Waals surface area contributed by atoms with Gasteiger partial charge >= 0.3 is 0 Å². The summed E-state index contributed by atoms with van der Waals surface area (Å²) in [5, 5.41) is 5.54. The van der Waals surface area contributed by atoms with Crippen molar-refractivity contribution in [1.82, 2.24) is 25.1 Å². The largest absolute Gasteiger partial charge is 0.357 e. The van der Waals surface area contributed by atoms with Crippen molar-refractivity contribution in [3.05, 3.63) is 41.7 Å². The summed E-state index contributed by atoms with van der Waals surface area (Å²) in [4.78, 5) is 32.2. The van der Waals surface area contributed by atoms with Crippen molar-refractivity contribution in [1.29, 1.82) is 0 Å². The van der Waals surface area contributed by atoms with E-state index < -0.39 is 6.04 Å². The molecule has 0 radical (unpaired) electrons. The number of carbonyl (C=O) groups is 2. The average Bonchev–Trinajstić information content (AvgIpc) is 3.05. The Balaban J connectivity index is 1.95. The molecule has 0 fully saturated rings. The number of amides is 2. The highest BCUT2D eigenvalue weighted by Gasteiger charge is 2.29. The number of hydrogen-bond donors (Lipinski definition) is 2. The molecule has 1 unspecified atom stereocenters. The van der Waals surface area contributed by atoms with Crippen LogP contribution in [-0.2, 0) is 17.9 Å². The zero-order chi connectivity index (χ0) is 20.3. The van der Waals surface area contributed by atoms with Crippen molar-refractivity contribution in [3.63, 3.8) is 0 Å². The van der Waals surface area contributed by atoms with Crippen molar-refractivity contribution < 1.29 is 9.59 Å². The van der Waals surface area contributed by atoms with Crippen LogP contribution in [0.5, 0.6) is 0 Å². The molecule has 0 aliphatic carbocycles. The number of likely N-dealkylation sites (N-methyl/N-ethyl adjacent to an activating group) is 2. The summed E-state index contributed by atoms with van der Waals surface area (Å²) in [6, 6.07) is 9.33. The van der Waals surface area contributed by atoms with Crippen molar-refractivity contribution in [2.75, 3.05) is 20.6 Å². The predicted molar refractivity (Wildman–Crippen MR) is 109 cm³/mol. The molecule has 7 heteroatoms. The molecule has 1 aliphatic heterocycles. The van der Waals surface area contributed by atoms with E-state index >= 15 is 0 Å². The molecule has 3 rings (SSSR count). The van der Waals surface area contributed by atoms with Crippen LogP contribution in [0.3, 0.4) is 0 Å². The number of rotatable bonds is 6. The minimum Gasteiger partial charge on any atom is -0.357 e. The highest BCUT2D eigenvalue weighted by atomic mass is 16.2. The molecule has 2 aromatic rings. The van der Waals surface area contributed by atoms with Crippen LogP contribution in [0.2, 0.25) is 0 Å². The van der Waals surface area contributed by atoms with Gasteiger partial charge in [0.25, 0.3) is 5.91 Å². The lowest BCUT2D eigenvalue weighted by atomic mass is 10.0. The molecule has 2 N–H and O–H groups in total. The molecule has 1 aromatic heterocycles. The Morgan fingerprint density at radius 3 is 2.54 bits per heavy atom. The topological polar surface area (TPSA) is 79.3 Å². The van der Waals surface area contributed by atoms with Gasteiger partial charge in [0.15, 0.2) is 5.69 Å². The van der Waals surface area contributed by atoms with Crippen molar-refractivity contribution in [2.24, 2.45) is 5.92 Å². The van der Waals surface area contributed by atoms with E-state index in [1.165, 1.54) is 0 Å². The summed E-state index contributed by atoms with van der Waals surface area (Å²) >= 11 is 0. The molecule has 150 valence electrons. The van der Waals surface area contributed by atoms with E-state index in [4.69, 9.17) is 4.98 Å². The van der Waals surface area contributed by atoms with Crippen LogP contribution < -0.4 is 10.6 Å². The number of aromatic nitrogens is 2. The second kappa shape index (κ2) is 8.56. The number of carbonyl (C=O) groups excluding carboxylic acids is 2. The first-order valence-electron chi connectivity index (χ1n) is 9.76. The standard InChI is InChI=1S/C21H29N5O2/c1-14(2)12-16(20(27)22-3)23-21(28)18-17-13-25(4)10-11-26(17)19(24-18)15-8-6-5-7-9-15/h5-9,14,16H,10-13H2,1-4H3,(H,22,27)(H,23,28). The second-order valence-electron chi connectivity index (χ2n) is 7.76. The monoisotopic (exact) mass is 383 g/mol. The molecule has 7 nitrogen and oxygen atoms in total. The molecule has 1 aliphatic rings. The first-order valence-corrected chi connectivity index (χ1v) is 9.76. The molecule has 0 spiro atoms. The number of hydrogen-bond acceptors (Lipinski definition) is 4. The highest BCUT2D eigenvalue weighted by molar-refractivity contribution is 5.97. The molecule has 28 heavy (non-hydrogen) atoms. The quantitative estimate of drug-likeness (QED) is 0.798. The maximum absolute atomic E-state index is 13.1. The Morgan fingerprint density at radius 2 is 1.89 bits per heavy atom. The van der Waals surface area contributed by atoms with E-state index in [1.54, 1.807) is 7.05 Å². The van der Waals surface area contributed by atoms with Gasteiger partial charge in [0.2, 0.25) is 5.91 Å². The van der Waals surface area contributed by atoms with Gasteiger partial charge in [0.1, 0.15) is 11.9 Å². The normalized spacial score (nSPS) is 15.2. The third-order valence-corrected chi connectivity index (χ3v) is 5.02. The Morgan fingerprint density at radius 1 is 1.18 bits per heavy atom. The van der Waals surface area contributed by atoms with Crippen molar-refractivity contribution in [3.8, 4) is 11.4 Å². The number of nitrogens with one attached hydrogen (secondary N) is 2. The summed E-state index contributed by atoms with van der Waals surface area (Å²) in [7, 11) is 3.62. The lowest BCUT2D eigenvalue weighted by molar-refractivity contribution is -0.122. The van der Waals surface area contributed by atoms with Crippen LogP contribution in [0.4, 0.5) is 0 Å². The number of imidazole rings is 1. The average molecular weight is 383 g/mol. The van der Waals surface area contributed by atoms with E-state index in [9.17, 15) is 9.59 Å². The number of nitrogens with zero attached hydrogens (tertiary/aromatic N) is 3. The summed E-state index contributed by atoms with van der Waals surface area (Å²) in [6.07, 6.45) is 0.576. The smallest absolute Gasteiger partial charge is 0.272 e. The zero-order valence-electron chi connectivity index (χ0n) is 17.0. The first-order chi connectivity index (χ1) is 13.4. The minimum absolute atomic E-state index is 0.185. The molecule has 2 amide bonds. The molecule has 1 aromatic carbocycles. The van der Waals surface area contributed by atoms with E-state index in [0.29, 0.717) is 18.7 Å². The maximum Gasteiger partial charge on any atom is 0.272 e. The van der Waals surface area contributed by atoms with Crippen LogP contribution in [0.25, 0.3) is 11.4 Å². The van der Waals surface area contributed by atoms with Gasteiger partial charge in [-0.05, 0) is 19.4 Å².